The predicted molar refractivity (Wildman–Crippen MR) is 78.2 cm³/mol. The monoisotopic (exact) mass is 296 g/mol. The van der Waals surface area contributed by atoms with E-state index in [1.165, 1.54) is 13.0 Å². The number of carbonyl (C=O) groups is 2. The number of rotatable bonds is 6. The van der Waals surface area contributed by atoms with Crippen LogP contribution in [-0.4, -0.2) is 31.7 Å². The molecule has 0 atom stereocenters. The molecule has 0 spiro atoms. The number of benzene rings is 1. The van der Waals surface area contributed by atoms with E-state index >= 15 is 0 Å². The molecule has 108 valence electrons. The zero-order valence-electron chi connectivity index (χ0n) is 11.0. The van der Waals surface area contributed by atoms with Gasteiger partial charge in [-0.05, 0) is 24.3 Å². The van der Waals surface area contributed by atoms with Crippen molar-refractivity contribution in [2.24, 2.45) is 0 Å². The number of hydrogen-bond donors (Lipinski definition) is 2. The van der Waals surface area contributed by atoms with E-state index in [-0.39, 0.29) is 11.7 Å². The van der Waals surface area contributed by atoms with Crippen LogP contribution in [0.3, 0.4) is 0 Å². The summed E-state index contributed by atoms with van der Waals surface area (Å²) in [7, 11) is -3.46. The third-order valence-electron chi connectivity index (χ3n) is 2.21. The van der Waals surface area contributed by atoms with Gasteiger partial charge >= 0.3 is 0 Å². The highest BCUT2D eigenvalue weighted by Crippen LogP contribution is 2.13. The molecular weight excluding hydrogens is 280 g/mol. The maximum Gasteiger partial charge on any atom is 0.239 e. The fraction of sp³-hybridized carbons (Fsp3) is 0.231. The zero-order chi connectivity index (χ0) is 15.2. The summed E-state index contributed by atoms with van der Waals surface area (Å²) in [6.07, 6.45) is 1.24. The van der Waals surface area contributed by atoms with Crippen LogP contribution < -0.4 is 10.6 Å². The van der Waals surface area contributed by atoms with Crippen LogP contribution in [0.5, 0.6) is 0 Å². The molecule has 0 unspecified atom stereocenters. The van der Waals surface area contributed by atoms with Crippen molar-refractivity contribution in [2.75, 3.05) is 22.1 Å². The lowest BCUT2D eigenvalue weighted by Gasteiger charge is -2.07. The molecule has 20 heavy (non-hydrogen) atoms. The number of sulfone groups is 1. The van der Waals surface area contributed by atoms with Crippen molar-refractivity contribution in [3.05, 3.63) is 36.9 Å². The van der Waals surface area contributed by atoms with Crippen molar-refractivity contribution in [1.29, 1.82) is 0 Å². The van der Waals surface area contributed by atoms with Gasteiger partial charge in [0.1, 0.15) is 5.75 Å². The second-order valence-electron chi connectivity index (χ2n) is 4.15. The van der Waals surface area contributed by atoms with Crippen molar-refractivity contribution < 1.29 is 18.0 Å². The molecule has 7 heteroatoms. The molecule has 1 aromatic rings. The van der Waals surface area contributed by atoms with Crippen molar-refractivity contribution in [3.8, 4) is 0 Å². The molecule has 0 saturated carbocycles. The Hall–Kier alpha value is -2.15. The van der Waals surface area contributed by atoms with E-state index in [0.29, 0.717) is 11.4 Å². The molecule has 6 nitrogen and oxygen atoms in total. The zero-order valence-corrected chi connectivity index (χ0v) is 11.9. The Labute approximate surface area is 117 Å². The summed E-state index contributed by atoms with van der Waals surface area (Å²) in [6.45, 7) is 4.71. The Morgan fingerprint density at radius 2 is 1.65 bits per heavy atom. The largest absolute Gasteiger partial charge is 0.326 e. The Morgan fingerprint density at radius 3 is 2.10 bits per heavy atom. The van der Waals surface area contributed by atoms with Crippen molar-refractivity contribution in [3.63, 3.8) is 0 Å². The average molecular weight is 296 g/mol. The molecule has 0 bridgehead atoms. The fourth-order valence-electron chi connectivity index (χ4n) is 1.48. The number of anilines is 2. The first-order chi connectivity index (χ1) is 9.32. The summed E-state index contributed by atoms with van der Waals surface area (Å²) in [5, 5.41) is 5.05. The van der Waals surface area contributed by atoms with Crippen LogP contribution in [0.2, 0.25) is 0 Å². The molecule has 0 aliphatic heterocycles. The van der Waals surface area contributed by atoms with Gasteiger partial charge in [0, 0.05) is 18.3 Å². The van der Waals surface area contributed by atoms with Crippen LogP contribution in [0.1, 0.15) is 6.92 Å². The topological polar surface area (TPSA) is 92.3 Å². The molecule has 2 N–H and O–H groups in total. The molecule has 1 aromatic carbocycles. The smallest absolute Gasteiger partial charge is 0.239 e. The van der Waals surface area contributed by atoms with Crippen LogP contribution in [0.4, 0.5) is 11.4 Å². The molecule has 0 saturated heterocycles. The van der Waals surface area contributed by atoms with E-state index in [2.05, 4.69) is 17.2 Å². The number of hydrogen-bond acceptors (Lipinski definition) is 4. The van der Waals surface area contributed by atoms with Crippen molar-refractivity contribution in [1.82, 2.24) is 0 Å². The van der Waals surface area contributed by atoms with Crippen LogP contribution in [-0.2, 0) is 19.4 Å². The van der Waals surface area contributed by atoms with E-state index in [1.807, 2.05) is 0 Å². The summed E-state index contributed by atoms with van der Waals surface area (Å²) in [5.74, 6) is -1.63. The van der Waals surface area contributed by atoms with E-state index < -0.39 is 21.5 Å². The second-order valence-corrected chi connectivity index (χ2v) is 6.26. The molecule has 1 rings (SSSR count). The SMILES string of the molecule is C=CCS(=O)(=O)CC(=O)Nc1ccc(NC(C)=O)cc1. The number of carbonyl (C=O) groups excluding carboxylic acids is 2. The molecule has 0 heterocycles. The van der Waals surface area contributed by atoms with Gasteiger partial charge in [-0.2, -0.15) is 0 Å². The Kier molecular flexibility index (Phi) is 5.45. The quantitative estimate of drug-likeness (QED) is 0.771. The highest BCUT2D eigenvalue weighted by Gasteiger charge is 2.14. The van der Waals surface area contributed by atoms with Gasteiger partial charge in [-0.3, -0.25) is 9.59 Å². The Balaban J connectivity index is 2.62. The normalized spacial score (nSPS) is 10.7. The minimum absolute atomic E-state index is 0.197. The highest BCUT2D eigenvalue weighted by atomic mass is 32.2. The summed E-state index contributed by atoms with van der Waals surface area (Å²) < 4.78 is 22.9. The third kappa shape index (κ3) is 5.66. The molecule has 0 radical (unpaired) electrons. The first kappa shape index (κ1) is 15.9. The van der Waals surface area contributed by atoms with Gasteiger partial charge < -0.3 is 10.6 Å². The van der Waals surface area contributed by atoms with Gasteiger partial charge in [0.2, 0.25) is 11.8 Å². The van der Waals surface area contributed by atoms with Gasteiger partial charge in [0.05, 0.1) is 5.75 Å². The molecule has 0 fully saturated rings. The van der Waals surface area contributed by atoms with Crippen molar-refractivity contribution in [2.45, 2.75) is 6.92 Å². The minimum Gasteiger partial charge on any atom is -0.326 e. The van der Waals surface area contributed by atoms with E-state index in [0.717, 1.165) is 0 Å². The van der Waals surface area contributed by atoms with Crippen LogP contribution >= 0.6 is 0 Å². The van der Waals surface area contributed by atoms with Crippen LogP contribution in [0, 0.1) is 0 Å². The van der Waals surface area contributed by atoms with Gasteiger partial charge in [0.25, 0.3) is 0 Å². The number of amides is 2. The summed E-state index contributed by atoms with van der Waals surface area (Å²) >= 11 is 0. The van der Waals surface area contributed by atoms with Crippen LogP contribution in [0.15, 0.2) is 36.9 Å². The maximum absolute atomic E-state index is 11.6. The molecule has 2 amide bonds. The maximum atomic E-state index is 11.6. The predicted octanol–water partition coefficient (Wildman–Crippen LogP) is 1.18. The Morgan fingerprint density at radius 1 is 1.15 bits per heavy atom. The Bertz CT molecular complexity index is 606. The van der Waals surface area contributed by atoms with E-state index in [1.54, 1.807) is 24.3 Å². The van der Waals surface area contributed by atoms with Crippen LogP contribution in [0.25, 0.3) is 0 Å². The molecular formula is C13H16N2O4S. The highest BCUT2D eigenvalue weighted by molar-refractivity contribution is 7.92. The molecule has 0 aromatic heterocycles. The van der Waals surface area contributed by atoms with Crippen molar-refractivity contribution >= 4 is 33.0 Å². The fourth-order valence-corrected chi connectivity index (χ4v) is 2.42. The summed E-state index contributed by atoms with van der Waals surface area (Å²) in [6, 6.07) is 6.36. The summed E-state index contributed by atoms with van der Waals surface area (Å²) in [4.78, 5) is 22.4. The summed E-state index contributed by atoms with van der Waals surface area (Å²) in [5.41, 5.74) is 1.05. The average Bonchev–Trinajstić information content (AvgIpc) is 2.29. The second kappa shape index (κ2) is 6.85. The standard InChI is InChI=1S/C13H16N2O4S/c1-3-8-20(18,19)9-13(17)15-12-6-4-11(5-7-12)14-10(2)16/h3-7H,1,8-9H2,2H3,(H,14,16)(H,15,17). The van der Waals surface area contributed by atoms with E-state index in [9.17, 15) is 18.0 Å². The lowest BCUT2D eigenvalue weighted by atomic mass is 10.3. The molecule has 0 aliphatic rings. The van der Waals surface area contributed by atoms with Gasteiger partial charge in [-0.15, -0.1) is 6.58 Å². The third-order valence-corrected chi connectivity index (χ3v) is 3.66. The van der Waals surface area contributed by atoms with Gasteiger partial charge in [-0.25, -0.2) is 8.42 Å². The first-order valence-corrected chi connectivity index (χ1v) is 7.63. The van der Waals surface area contributed by atoms with Gasteiger partial charge in [-0.1, -0.05) is 6.08 Å². The minimum atomic E-state index is -3.46. The lowest BCUT2D eigenvalue weighted by molar-refractivity contribution is -0.114. The first-order valence-electron chi connectivity index (χ1n) is 5.81. The van der Waals surface area contributed by atoms with E-state index in [4.69, 9.17) is 0 Å². The number of nitrogens with one attached hydrogen (secondary N) is 2. The van der Waals surface area contributed by atoms with Gasteiger partial charge in [0.15, 0.2) is 9.84 Å². The molecule has 0 aliphatic carbocycles. The lowest BCUT2D eigenvalue weighted by Crippen LogP contribution is -2.24.